The fourth-order valence-electron chi connectivity index (χ4n) is 6.53. The number of aliphatic hydroxyl groups is 14. The highest BCUT2D eigenvalue weighted by Gasteiger charge is 2.58. The largest absolute Gasteiger partial charge is 0.477 e. The molecule has 0 aliphatic carbocycles. The summed E-state index contributed by atoms with van der Waals surface area (Å²) in [6.07, 6.45) is -38.2. The first-order valence-corrected chi connectivity index (χ1v) is 16.7. The standard InChI is InChI=1S/C29H49NO24/c1-7(34)30-13-8(35)2-29(28(46)47,54-23(13)14(37)9(36)3-31)48-6-12-16(39)24(53-26-20(43)17(40)15(38)10(4-32)50-26)21(44)27(51-12)52-22-11(5-33)49-25(45)19(42)18(22)41/h8-27,31-33,35-45H,2-6H2,1H3,(H,30,34)(H,46,47)/t8-,9+,10+,11+,12+,13+,14+,15-,16-,17-,18-,19+,20+,21+,22+,23+,24-,25?,26-,27-,29+/m0/s1. The number of carbonyl (C=O) groups excluding carboxylic acids is 1. The van der Waals surface area contributed by atoms with Crippen LogP contribution in [0.25, 0.3) is 0 Å². The maximum absolute atomic E-state index is 12.7. The highest BCUT2D eigenvalue weighted by molar-refractivity contribution is 5.76. The summed E-state index contributed by atoms with van der Waals surface area (Å²) in [5.74, 6) is -5.69. The lowest BCUT2D eigenvalue weighted by atomic mass is 9.88. The van der Waals surface area contributed by atoms with Crippen LogP contribution in [0, 0.1) is 0 Å². The van der Waals surface area contributed by atoms with E-state index in [1.54, 1.807) is 0 Å². The third-order valence-corrected chi connectivity index (χ3v) is 9.58. The lowest BCUT2D eigenvalue weighted by Gasteiger charge is -2.49. The van der Waals surface area contributed by atoms with Gasteiger partial charge in [0.15, 0.2) is 18.9 Å². The number of carboxylic acid groups (broad SMARTS) is 1. The fourth-order valence-corrected chi connectivity index (χ4v) is 6.53. The first-order valence-electron chi connectivity index (χ1n) is 16.7. The Morgan fingerprint density at radius 3 is 1.91 bits per heavy atom. The molecule has 25 heteroatoms. The number of rotatable bonds is 14. The number of ether oxygens (including phenoxy) is 7. The van der Waals surface area contributed by atoms with E-state index < -0.39 is 173 Å². The minimum atomic E-state index is -2.96. The van der Waals surface area contributed by atoms with E-state index in [-0.39, 0.29) is 0 Å². The summed E-state index contributed by atoms with van der Waals surface area (Å²) in [5, 5.41) is 157. The van der Waals surface area contributed by atoms with Gasteiger partial charge < -0.3 is 115 Å². The van der Waals surface area contributed by atoms with Gasteiger partial charge in [0.2, 0.25) is 5.91 Å². The van der Waals surface area contributed by atoms with E-state index in [9.17, 15) is 86.2 Å². The van der Waals surface area contributed by atoms with Crippen LogP contribution in [0.4, 0.5) is 0 Å². The Morgan fingerprint density at radius 1 is 0.741 bits per heavy atom. The van der Waals surface area contributed by atoms with Crippen molar-refractivity contribution in [2.24, 2.45) is 0 Å². The zero-order valence-corrected chi connectivity index (χ0v) is 28.5. The molecule has 4 saturated heterocycles. The van der Waals surface area contributed by atoms with Gasteiger partial charge in [0.25, 0.3) is 5.79 Å². The van der Waals surface area contributed by atoms with Crippen molar-refractivity contribution in [1.82, 2.24) is 5.32 Å². The SMILES string of the molecule is CC(=O)N[C@H]1[C@H]([C@H](O)[C@H](O)CO)O[C@@](OC[C@H]2O[C@@H](O[C@H]3[C@@H](O)[C@@H](O)C(O)O[C@@H]3CO)[C@H](O)[C@@H](O[C@@H]3O[C@H](CO)[C@H](O)[C@H](O)[C@H]3O)[C@H]2O)(C(=O)O)C[C@@H]1O. The van der Waals surface area contributed by atoms with Gasteiger partial charge in [-0.25, -0.2) is 4.79 Å². The average molecular weight is 796 g/mol. The van der Waals surface area contributed by atoms with Crippen LogP contribution >= 0.6 is 0 Å². The minimum Gasteiger partial charge on any atom is -0.477 e. The highest BCUT2D eigenvalue weighted by atomic mass is 16.8. The molecule has 0 aromatic heterocycles. The zero-order chi connectivity index (χ0) is 40.4. The molecule has 54 heavy (non-hydrogen) atoms. The quantitative estimate of drug-likeness (QED) is 0.0776. The molecule has 4 fully saturated rings. The van der Waals surface area contributed by atoms with Crippen LogP contribution < -0.4 is 5.32 Å². The number of hydrogen-bond donors (Lipinski definition) is 16. The molecule has 0 spiro atoms. The molecule has 0 saturated carbocycles. The van der Waals surface area contributed by atoms with Crippen LogP contribution in [0.1, 0.15) is 13.3 Å². The van der Waals surface area contributed by atoms with Crippen LogP contribution in [0.15, 0.2) is 0 Å². The van der Waals surface area contributed by atoms with Crippen molar-refractivity contribution in [2.75, 3.05) is 26.4 Å². The van der Waals surface area contributed by atoms with Gasteiger partial charge in [0.1, 0.15) is 91.6 Å². The summed E-state index contributed by atoms with van der Waals surface area (Å²) in [6.45, 7) is -2.99. The summed E-state index contributed by atoms with van der Waals surface area (Å²) in [7, 11) is 0. The number of aliphatic hydroxyl groups excluding tert-OH is 14. The van der Waals surface area contributed by atoms with Crippen molar-refractivity contribution in [3.8, 4) is 0 Å². The fraction of sp³-hybridized carbons (Fsp3) is 0.931. The lowest BCUT2D eigenvalue weighted by Crippen LogP contribution is -2.69. The number of carboxylic acids is 1. The van der Waals surface area contributed by atoms with Crippen molar-refractivity contribution in [1.29, 1.82) is 0 Å². The highest BCUT2D eigenvalue weighted by Crippen LogP contribution is 2.36. The molecule has 4 aliphatic heterocycles. The normalized spacial score (nSPS) is 47.1. The van der Waals surface area contributed by atoms with Gasteiger partial charge in [-0.1, -0.05) is 0 Å². The average Bonchev–Trinajstić information content (AvgIpc) is 3.13. The monoisotopic (exact) mass is 795 g/mol. The van der Waals surface area contributed by atoms with Crippen molar-refractivity contribution in [3.63, 3.8) is 0 Å². The van der Waals surface area contributed by atoms with Gasteiger partial charge in [-0.05, 0) is 0 Å². The van der Waals surface area contributed by atoms with Crippen molar-refractivity contribution in [2.45, 2.75) is 142 Å². The third kappa shape index (κ3) is 9.28. The van der Waals surface area contributed by atoms with E-state index in [0.29, 0.717) is 0 Å². The molecule has 0 aromatic carbocycles. The molecule has 0 bridgehead atoms. The Morgan fingerprint density at radius 2 is 1.33 bits per heavy atom. The first kappa shape index (κ1) is 44.8. The van der Waals surface area contributed by atoms with Crippen LogP contribution in [0.2, 0.25) is 0 Å². The third-order valence-electron chi connectivity index (χ3n) is 9.58. The Labute approximate surface area is 305 Å². The maximum atomic E-state index is 12.7. The first-order chi connectivity index (χ1) is 25.3. The predicted molar refractivity (Wildman–Crippen MR) is 163 cm³/mol. The lowest BCUT2D eigenvalue weighted by molar-refractivity contribution is -0.384. The molecule has 4 aliphatic rings. The molecule has 1 unspecified atom stereocenters. The minimum absolute atomic E-state index is 0.769. The second-order valence-corrected chi connectivity index (χ2v) is 13.3. The molecule has 16 N–H and O–H groups in total. The number of nitrogens with one attached hydrogen (secondary N) is 1. The molecule has 314 valence electrons. The Balaban J connectivity index is 1.66. The number of amides is 1. The van der Waals surface area contributed by atoms with E-state index in [1.807, 2.05) is 0 Å². The molecular weight excluding hydrogens is 746 g/mol. The second-order valence-electron chi connectivity index (χ2n) is 13.3. The van der Waals surface area contributed by atoms with E-state index in [0.717, 1.165) is 6.92 Å². The molecule has 0 aromatic rings. The molecular formula is C29H49NO24. The number of aliphatic carboxylic acids is 1. The maximum Gasteiger partial charge on any atom is 0.364 e. The predicted octanol–water partition coefficient (Wildman–Crippen LogP) is -10.4. The van der Waals surface area contributed by atoms with Gasteiger partial charge in [-0.2, -0.15) is 0 Å². The Bertz CT molecular complexity index is 1230. The van der Waals surface area contributed by atoms with E-state index in [4.69, 9.17) is 33.2 Å². The van der Waals surface area contributed by atoms with Gasteiger partial charge in [-0.3, -0.25) is 4.79 Å². The summed E-state index contributed by atoms with van der Waals surface area (Å²) < 4.78 is 38.3. The Kier molecular flexibility index (Phi) is 15.4. The summed E-state index contributed by atoms with van der Waals surface area (Å²) in [4.78, 5) is 24.5. The van der Waals surface area contributed by atoms with Crippen molar-refractivity contribution < 1.29 is 119 Å². The smallest absolute Gasteiger partial charge is 0.364 e. The van der Waals surface area contributed by atoms with Crippen LogP contribution in [0.3, 0.4) is 0 Å². The molecule has 4 heterocycles. The van der Waals surface area contributed by atoms with Gasteiger partial charge >= 0.3 is 5.97 Å². The van der Waals surface area contributed by atoms with E-state index in [2.05, 4.69) is 5.32 Å². The van der Waals surface area contributed by atoms with Crippen LogP contribution in [-0.2, 0) is 42.7 Å². The van der Waals surface area contributed by atoms with Gasteiger partial charge in [0, 0.05) is 13.3 Å². The second kappa shape index (κ2) is 18.6. The van der Waals surface area contributed by atoms with Crippen LogP contribution in [-0.4, -0.2) is 243 Å². The Hall–Kier alpha value is -1.90. The van der Waals surface area contributed by atoms with Gasteiger partial charge in [0.05, 0.1) is 38.6 Å². The van der Waals surface area contributed by atoms with Crippen LogP contribution in [0.5, 0.6) is 0 Å². The van der Waals surface area contributed by atoms with E-state index >= 15 is 0 Å². The summed E-state index contributed by atoms with van der Waals surface area (Å²) >= 11 is 0. The molecule has 0 radical (unpaired) electrons. The summed E-state index contributed by atoms with van der Waals surface area (Å²) in [5.41, 5.74) is 0. The topological polar surface area (TPSA) is 414 Å². The summed E-state index contributed by atoms with van der Waals surface area (Å²) in [6, 6.07) is -1.56. The van der Waals surface area contributed by atoms with E-state index in [1.165, 1.54) is 0 Å². The molecule has 21 atom stereocenters. The molecule has 4 rings (SSSR count). The molecule has 25 nitrogen and oxygen atoms in total. The molecule has 1 amide bonds. The number of hydrogen-bond acceptors (Lipinski definition) is 23. The van der Waals surface area contributed by atoms with Gasteiger partial charge in [-0.15, -0.1) is 0 Å². The van der Waals surface area contributed by atoms with Crippen molar-refractivity contribution in [3.05, 3.63) is 0 Å². The number of carbonyl (C=O) groups is 2. The van der Waals surface area contributed by atoms with Crippen molar-refractivity contribution >= 4 is 11.9 Å². The zero-order valence-electron chi connectivity index (χ0n) is 28.5.